The fraction of sp³-hybridized carbons (Fsp3) is 0.267. The van der Waals surface area contributed by atoms with Crippen molar-refractivity contribution in [2.75, 3.05) is 6.54 Å². The molecular formula is C15H16N2O4. The lowest BCUT2D eigenvalue weighted by Crippen LogP contribution is -2.24. The Labute approximate surface area is 121 Å². The largest absolute Gasteiger partial charge is 0.433 e. The first-order chi connectivity index (χ1) is 10.1. The average molecular weight is 288 g/mol. The topological polar surface area (TPSA) is 80.9 Å². The van der Waals surface area contributed by atoms with Crippen LogP contribution < -0.4 is 10.9 Å². The molecule has 0 unspecified atom stereocenters. The number of benzene rings is 1. The molecule has 0 spiro atoms. The van der Waals surface area contributed by atoms with Crippen molar-refractivity contribution in [3.63, 3.8) is 0 Å². The summed E-state index contributed by atoms with van der Waals surface area (Å²) in [5, 5.41) is 6.95. The summed E-state index contributed by atoms with van der Waals surface area (Å²) in [4.78, 5) is 27.9. The van der Waals surface area contributed by atoms with E-state index in [9.17, 15) is 9.59 Å². The van der Waals surface area contributed by atoms with Crippen molar-refractivity contribution >= 4 is 22.8 Å². The highest BCUT2D eigenvalue weighted by Gasteiger charge is 2.09. The number of para-hydroxylation sites is 1. The van der Waals surface area contributed by atoms with Gasteiger partial charge in [-0.1, -0.05) is 30.3 Å². The van der Waals surface area contributed by atoms with Crippen LogP contribution in [0, 0.1) is 0 Å². The molecule has 2 aromatic rings. The second kappa shape index (κ2) is 6.69. The number of hydrogen-bond acceptors (Lipinski definition) is 5. The Hall–Kier alpha value is -2.63. The van der Waals surface area contributed by atoms with Crippen LogP contribution in [-0.4, -0.2) is 18.3 Å². The number of rotatable bonds is 4. The first kappa shape index (κ1) is 14.8. The third kappa shape index (κ3) is 3.68. The van der Waals surface area contributed by atoms with E-state index in [4.69, 9.17) is 4.42 Å². The van der Waals surface area contributed by atoms with Crippen molar-refractivity contribution in [2.45, 2.75) is 20.3 Å². The number of carbonyl (C=O) groups is 1. The molecular weight excluding hydrogens is 272 g/mol. The highest BCUT2D eigenvalue weighted by molar-refractivity contribution is 6.00. The smallest absolute Gasteiger partial charge is 0.422 e. The summed E-state index contributed by atoms with van der Waals surface area (Å²) < 4.78 is 5.19. The van der Waals surface area contributed by atoms with Gasteiger partial charge in [-0.3, -0.25) is 4.84 Å². The Kier molecular flexibility index (Phi) is 4.71. The molecule has 0 aliphatic rings. The minimum Gasteiger partial charge on any atom is -0.422 e. The SMILES string of the molecule is CCCNC(=O)O/N=C(/C)c1cc2ccccc2oc1=O. The van der Waals surface area contributed by atoms with Crippen LogP contribution in [-0.2, 0) is 4.84 Å². The lowest BCUT2D eigenvalue weighted by molar-refractivity contribution is 0.150. The van der Waals surface area contributed by atoms with E-state index < -0.39 is 11.7 Å². The second-order valence-corrected chi connectivity index (χ2v) is 4.47. The molecule has 0 aliphatic carbocycles. The molecule has 1 aromatic heterocycles. The highest BCUT2D eigenvalue weighted by atomic mass is 16.7. The van der Waals surface area contributed by atoms with Gasteiger partial charge in [0, 0.05) is 11.9 Å². The quantitative estimate of drug-likeness (QED) is 0.406. The number of nitrogens with zero attached hydrogens (tertiary/aromatic N) is 1. The van der Waals surface area contributed by atoms with Gasteiger partial charge >= 0.3 is 11.7 Å². The van der Waals surface area contributed by atoms with Gasteiger partial charge in [0.2, 0.25) is 0 Å². The van der Waals surface area contributed by atoms with Crippen molar-refractivity contribution in [2.24, 2.45) is 5.16 Å². The molecule has 0 atom stereocenters. The molecule has 2 rings (SSSR count). The summed E-state index contributed by atoms with van der Waals surface area (Å²) in [7, 11) is 0. The van der Waals surface area contributed by atoms with Crippen molar-refractivity contribution < 1.29 is 14.0 Å². The Bertz CT molecular complexity index is 734. The summed E-state index contributed by atoms with van der Waals surface area (Å²) >= 11 is 0. The third-order valence-corrected chi connectivity index (χ3v) is 2.82. The molecule has 1 heterocycles. The summed E-state index contributed by atoms with van der Waals surface area (Å²) in [6.45, 7) is 4.01. The number of carbonyl (C=O) groups excluding carboxylic acids is 1. The van der Waals surface area contributed by atoms with Crippen molar-refractivity contribution in [1.82, 2.24) is 5.32 Å². The van der Waals surface area contributed by atoms with Crippen molar-refractivity contribution in [3.8, 4) is 0 Å². The van der Waals surface area contributed by atoms with Crippen LogP contribution in [0.2, 0.25) is 0 Å². The van der Waals surface area contributed by atoms with Crippen LogP contribution in [0.1, 0.15) is 25.8 Å². The van der Waals surface area contributed by atoms with E-state index in [-0.39, 0.29) is 11.3 Å². The maximum Gasteiger partial charge on any atom is 0.433 e. The molecule has 0 saturated heterocycles. The van der Waals surface area contributed by atoms with E-state index in [1.165, 1.54) is 0 Å². The van der Waals surface area contributed by atoms with Crippen LogP contribution in [0.4, 0.5) is 4.79 Å². The summed E-state index contributed by atoms with van der Waals surface area (Å²) in [6, 6.07) is 8.82. The molecule has 0 saturated carbocycles. The van der Waals surface area contributed by atoms with Gasteiger partial charge in [0.1, 0.15) is 5.58 Å². The zero-order valence-electron chi connectivity index (χ0n) is 11.9. The van der Waals surface area contributed by atoms with Gasteiger partial charge in [-0.15, -0.1) is 0 Å². The number of nitrogens with one attached hydrogen (secondary N) is 1. The van der Waals surface area contributed by atoms with Gasteiger partial charge in [0.05, 0.1) is 11.3 Å². The Morgan fingerprint density at radius 1 is 1.38 bits per heavy atom. The standard InChI is InChI=1S/C15H16N2O4/c1-3-8-16-15(19)21-17-10(2)12-9-11-6-4-5-7-13(11)20-14(12)18/h4-7,9H,3,8H2,1-2H3,(H,16,19)/b17-10-. The Morgan fingerprint density at radius 2 is 2.14 bits per heavy atom. The maximum absolute atomic E-state index is 11.9. The predicted molar refractivity (Wildman–Crippen MR) is 79.5 cm³/mol. The molecule has 110 valence electrons. The van der Waals surface area contributed by atoms with Crippen LogP contribution in [0.15, 0.2) is 44.7 Å². The molecule has 1 N–H and O–H groups in total. The van der Waals surface area contributed by atoms with E-state index in [0.29, 0.717) is 12.1 Å². The molecule has 0 fully saturated rings. The molecule has 1 aromatic carbocycles. The van der Waals surface area contributed by atoms with Gasteiger partial charge in [0.25, 0.3) is 0 Å². The monoisotopic (exact) mass is 288 g/mol. The van der Waals surface area contributed by atoms with Gasteiger partial charge in [-0.05, 0) is 25.5 Å². The molecule has 0 radical (unpaired) electrons. The van der Waals surface area contributed by atoms with E-state index in [2.05, 4.69) is 15.3 Å². The van der Waals surface area contributed by atoms with E-state index in [0.717, 1.165) is 11.8 Å². The van der Waals surface area contributed by atoms with E-state index in [1.807, 2.05) is 19.1 Å². The molecule has 6 nitrogen and oxygen atoms in total. The highest BCUT2D eigenvalue weighted by Crippen LogP contribution is 2.13. The summed E-state index contributed by atoms with van der Waals surface area (Å²) in [5.74, 6) is 0. The number of oxime groups is 1. The number of fused-ring (bicyclic) bond motifs is 1. The lowest BCUT2D eigenvalue weighted by atomic mass is 10.1. The zero-order chi connectivity index (χ0) is 15.2. The lowest BCUT2D eigenvalue weighted by Gasteiger charge is -2.03. The normalized spacial score (nSPS) is 11.4. The Morgan fingerprint density at radius 3 is 2.90 bits per heavy atom. The molecule has 1 amide bonds. The average Bonchev–Trinajstić information content (AvgIpc) is 2.49. The second-order valence-electron chi connectivity index (χ2n) is 4.47. The minimum atomic E-state index is -0.652. The summed E-state index contributed by atoms with van der Waals surface area (Å²) in [5.41, 5.74) is 0.520. The molecule has 21 heavy (non-hydrogen) atoms. The van der Waals surface area contributed by atoms with Gasteiger partial charge in [-0.2, -0.15) is 0 Å². The Balaban J connectivity index is 2.22. The fourth-order valence-corrected chi connectivity index (χ4v) is 1.73. The van der Waals surface area contributed by atoms with Crippen LogP contribution >= 0.6 is 0 Å². The predicted octanol–water partition coefficient (Wildman–Crippen LogP) is 2.65. The van der Waals surface area contributed by atoms with Gasteiger partial charge in [-0.25, -0.2) is 9.59 Å². The van der Waals surface area contributed by atoms with Crippen LogP contribution in [0.5, 0.6) is 0 Å². The van der Waals surface area contributed by atoms with Crippen molar-refractivity contribution in [1.29, 1.82) is 0 Å². The van der Waals surface area contributed by atoms with Crippen LogP contribution in [0.3, 0.4) is 0 Å². The first-order valence-electron chi connectivity index (χ1n) is 6.64. The van der Waals surface area contributed by atoms with Crippen molar-refractivity contribution in [3.05, 3.63) is 46.3 Å². The zero-order valence-corrected chi connectivity index (χ0v) is 11.9. The first-order valence-corrected chi connectivity index (χ1v) is 6.64. The molecule has 6 heteroatoms. The van der Waals surface area contributed by atoms with Gasteiger partial charge < -0.3 is 9.73 Å². The molecule has 0 bridgehead atoms. The maximum atomic E-state index is 11.9. The number of hydrogen-bond donors (Lipinski definition) is 1. The van der Waals surface area contributed by atoms with Crippen LogP contribution in [0.25, 0.3) is 11.0 Å². The van der Waals surface area contributed by atoms with Gasteiger partial charge in [0.15, 0.2) is 0 Å². The third-order valence-electron chi connectivity index (χ3n) is 2.82. The number of amides is 1. The van der Waals surface area contributed by atoms with E-state index >= 15 is 0 Å². The summed E-state index contributed by atoms with van der Waals surface area (Å²) in [6.07, 6.45) is 0.146. The molecule has 0 aliphatic heterocycles. The minimum absolute atomic E-state index is 0.261. The van der Waals surface area contributed by atoms with E-state index in [1.54, 1.807) is 25.1 Å². The fourth-order valence-electron chi connectivity index (χ4n) is 1.73.